The van der Waals surface area contributed by atoms with Crippen LogP contribution in [0.25, 0.3) is 153 Å². The van der Waals surface area contributed by atoms with E-state index in [2.05, 4.69) is 291 Å². The maximum absolute atomic E-state index is 5.50. The summed E-state index contributed by atoms with van der Waals surface area (Å²) in [5.41, 5.74) is 22.3. The average molecular weight is 1150 g/mol. The quantitative estimate of drug-likeness (QED) is 0.113. The van der Waals surface area contributed by atoms with Crippen LogP contribution in [0.5, 0.6) is 0 Å². The molecule has 85 heavy (non-hydrogen) atoms. The van der Waals surface area contributed by atoms with Gasteiger partial charge in [0.25, 0.3) is 0 Å². The van der Waals surface area contributed by atoms with Crippen molar-refractivity contribution >= 4 is 33.8 Å². The van der Waals surface area contributed by atoms with Gasteiger partial charge in [0, 0.05) is 0 Å². The molecule has 3 aromatic heterocycles. The topological polar surface area (TPSA) is 77.3 Å². The molecule has 0 radical (unpaired) electrons. The Labute approximate surface area is 498 Å². The van der Waals surface area contributed by atoms with Crippen molar-refractivity contribution in [2.45, 2.75) is 0 Å². The van der Waals surface area contributed by atoms with E-state index in [0.29, 0.717) is 22.8 Å². The van der Waals surface area contributed by atoms with E-state index in [9.17, 15) is 0 Å². The molecular formula is C78H50N6Se. The molecule has 7 heteroatoms. The van der Waals surface area contributed by atoms with Crippen LogP contribution in [-0.2, 0) is 0 Å². The molecule has 0 aliphatic heterocycles. The van der Waals surface area contributed by atoms with Crippen molar-refractivity contribution < 1.29 is 0 Å². The van der Waals surface area contributed by atoms with Crippen LogP contribution in [0.1, 0.15) is 0 Å². The van der Waals surface area contributed by atoms with Crippen LogP contribution >= 0.6 is 0 Å². The molecular weight excluding hydrogens is 1100 g/mol. The summed E-state index contributed by atoms with van der Waals surface area (Å²) in [7, 11) is 0. The molecule has 0 fully saturated rings. The molecule has 3 heterocycles. The molecule has 0 aliphatic carbocycles. The molecule has 0 aliphatic rings. The minimum atomic E-state index is -0.0741. The zero-order valence-electron chi connectivity index (χ0n) is 46.0. The molecule has 0 saturated carbocycles. The summed E-state index contributed by atoms with van der Waals surface area (Å²) in [4.78, 5) is 0. The number of hydrogen-bond acceptors (Lipinski definition) is 6. The van der Waals surface area contributed by atoms with Gasteiger partial charge in [-0.2, -0.15) is 0 Å². The van der Waals surface area contributed by atoms with Crippen molar-refractivity contribution in [3.63, 3.8) is 0 Å². The van der Waals surface area contributed by atoms with E-state index in [1.807, 2.05) is 12.1 Å². The third kappa shape index (κ3) is 9.25. The molecule has 15 aromatic rings. The third-order valence-electron chi connectivity index (χ3n) is 16.0. The van der Waals surface area contributed by atoms with Gasteiger partial charge in [0.2, 0.25) is 0 Å². The monoisotopic (exact) mass is 1150 g/mol. The van der Waals surface area contributed by atoms with Crippen LogP contribution in [0, 0.1) is 0 Å². The van der Waals surface area contributed by atoms with E-state index in [1.54, 1.807) is 0 Å². The van der Waals surface area contributed by atoms with Gasteiger partial charge in [-0.3, -0.25) is 0 Å². The third-order valence-corrected chi connectivity index (χ3v) is 18.3. The molecule has 6 nitrogen and oxygen atoms in total. The Bertz CT molecular complexity index is 4880. The van der Waals surface area contributed by atoms with E-state index >= 15 is 0 Å². The Balaban J connectivity index is 1.31. The summed E-state index contributed by atoms with van der Waals surface area (Å²) < 4.78 is 2.61. The Hall–Kier alpha value is -10.8. The van der Waals surface area contributed by atoms with Gasteiger partial charge in [-0.05, 0) is 0 Å². The van der Waals surface area contributed by atoms with Crippen molar-refractivity contribution in [1.82, 2.24) is 30.8 Å². The summed E-state index contributed by atoms with van der Waals surface area (Å²) in [5.74, 6) is 0. The van der Waals surface area contributed by atoms with Gasteiger partial charge in [0.05, 0.1) is 0 Å². The minimum absolute atomic E-state index is 0.0741. The first-order valence-corrected chi connectivity index (χ1v) is 30.2. The molecule has 0 bridgehead atoms. The molecule has 12 aromatic carbocycles. The first-order chi connectivity index (χ1) is 42.3. The van der Waals surface area contributed by atoms with Crippen LogP contribution in [0.15, 0.2) is 303 Å². The van der Waals surface area contributed by atoms with Crippen molar-refractivity contribution in [3.8, 4) is 134 Å². The molecule has 0 atom stereocenters. The summed E-state index contributed by atoms with van der Waals surface area (Å²) >= 11 is -0.0741. The normalized spacial score (nSPS) is 11.3. The van der Waals surface area contributed by atoms with E-state index < -0.39 is 0 Å². The van der Waals surface area contributed by atoms with Crippen LogP contribution in [0.2, 0.25) is 0 Å². The van der Waals surface area contributed by atoms with E-state index in [4.69, 9.17) is 30.8 Å². The fourth-order valence-corrected chi connectivity index (χ4v) is 14.8. The molecule has 0 saturated heterocycles. The summed E-state index contributed by atoms with van der Waals surface area (Å²) in [6, 6.07) is 108. The van der Waals surface area contributed by atoms with Gasteiger partial charge >= 0.3 is 496 Å². The van der Waals surface area contributed by atoms with Gasteiger partial charge in [-0.15, -0.1) is 0 Å². The van der Waals surface area contributed by atoms with Crippen molar-refractivity contribution in [2.75, 3.05) is 0 Å². The van der Waals surface area contributed by atoms with Crippen LogP contribution in [-0.4, -0.2) is 45.3 Å². The second kappa shape index (κ2) is 22.5. The van der Waals surface area contributed by atoms with Crippen LogP contribution in [0.4, 0.5) is 0 Å². The van der Waals surface area contributed by atoms with Gasteiger partial charge in [0.1, 0.15) is 0 Å². The van der Waals surface area contributed by atoms with E-state index in [1.165, 1.54) is 19.3 Å². The first kappa shape index (κ1) is 51.1. The number of hydrogen-bond donors (Lipinski definition) is 0. The first-order valence-electron chi connectivity index (χ1n) is 28.5. The summed E-state index contributed by atoms with van der Waals surface area (Å²) in [5, 5.41) is 33.1. The summed E-state index contributed by atoms with van der Waals surface area (Å²) in [6.45, 7) is 0. The van der Waals surface area contributed by atoms with E-state index in [-0.39, 0.29) is 14.5 Å². The van der Waals surface area contributed by atoms with Gasteiger partial charge in [0.15, 0.2) is 0 Å². The Morgan fingerprint density at radius 3 is 0.894 bits per heavy atom. The van der Waals surface area contributed by atoms with Gasteiger partial charge in [-0.25, -0.2) is 0 Å². The second-order valence-electron chi connectivity index (χ2n) is 20.9. The Kier molecular flexibility index (Phi) is 13.5. The average Bonchev–Trinajstić information content (AvgIpc) is 1.79. The number of nitrogens with zero attached hydrogens (tertiary/aromatic N) is 6. The van der Waals surface area contributed by atoms with Gasteiger partial charge in [-0.1, -0.05) is 6.07 Å². The maximum atomic E-state index is 5.50. The molecule has 0 N–H and O–H groups in total. The Morgan fingerprint density at radius 2 is 0.494 bits per heavy atom. The zero-order chi connectivity index (χ0) is 56.5. The van der Waals surface area contributed by atoms with Crippen molar-refractivity contribution in [1.29, 1.82) is 0 Å². The molecule has 0 spiro atoms. The number of aromatic nitrogens is 6. The fourth-order valence-electron chi connectivity index (χ4n) is 12.4. The van der Waals surface area contributed by atoms with Crippen molar-refractivity contribution in [2.24, 2.45) is 0 Å². The summed E-state index contributed by atoms with van der Waals surface area (Å²) in [6.07, 6.45) is 0. The molecule has 0 amide bonds. The predicted octanol–water partition coefficient (Wildman–Crippen LogP) is 19.4. The molecule has 0 unspecified atom stereocenters. The SMILES string of the molecule is c1ccc(-c2cc3[se]c4ccccc4c3c(-c3c(-c4ccccc4)c(-c4nnnc(-c5ccccc5)c4-c4ccccc4)c(-c4ccccc4)c(-c4ccccc4)c3-c3nnnc(-c4ccccc4)c3-c3ccccc3)c2-c2ccccc2)cc1. The van der Waals surface area contributed by atoms with E-state index in [0.717, 1.165) is 111 Å². The Morgan fingerprint density at radius 1 is 0.200 bits per heavy atom. The zero-order valence-corrected chi connectivity index (χ0v) is 47.7. The van der Waals surface area contributed by atoms with Crippen LogP contribution < -0.4 is 0 Å². The molecule has 398 valence electrons. The van der Waals surface area contributed by atoms with Gasteiger partial charge < -0.3 is 0 Å². The number of rotatable bonds is 12. The standard InChI is InChI=1S/C78H50N6Se/c1-10-30-51(31-11-1)61-50-63-70(60-48-28-29-49-62(60)85-63)71(64(61)52-32-12-2-13-33-52)72-67(55-38-18-5-19-39-55)73(77-68(56-40-20-6-21-41-56)75(79-83-81-77)58-44-24-8-25-45-58)65(53-34-14-3-15-35-53)66(54-36-16-4-17-37-54)74(72)78-69(57-42-22-7-23-43-57)76(80-84-82-78)59-46-26-9-27-47-59/h1-50H. The number of fused-ring (bicyclic) bond motifs is 3. The molecule has 15 rings (SSSR count). The van der Waals surface area contributed by atoms with Crippen LogP contribution in [0.3, 0.4) is 0 Å². The fraction of sp³-hybridized carbons (Fsp3) is 0. The van der Waals surface area contributed by atoms with Crippen molar-refractivity contribution in [3.05, 3.63) is 303 Å². The second-order valence-corrected chi connectivity index (χ2v) is 23.2. The number of benzene rings is 12. The predicted molar refractivity (Wildman–Crippen MR) is 350 cm³/mol.